The maximum atomic E-state index is 12.1. The van der Waals surface area contributed by atoms with Gasteiger partial charge in [0.05, 0.1) is 17.4 Å². The summed E-state index contributed by atoms with van der Waals surface area (Å²) >= 11 is 0. The summed E-state index contributed by atoms with van der Waals surface area (Å²) in [5.74, 6) is -2.12. The van der Waals surface area contributed by atoms with Gasteiger partial charge in [0, 0.05) is 6.54 Å². The molecule has 1 rings (SSSR count). The lowest BCUT2D eigenvalue weighted by molar-refractivity contribution is -0.147. The van der Waals surface area contributed by atoms with Gasteiger partial charge in [0.1, 0.15) is 0 Å². The first-order valence-electron chi connectivity index (χ1n) is 7.11. The van der Waals surface area contributed by atoms with E-state index in [2.05, 4.69) is 5.32 Å². The van der Waals surface area contributed by atoms with E-state index in [9.17, 15) is 14.7 Å². The Hall–Kier alpha value is -1.36. The maximum absolute atomic E-state index is 12.1. The largest absolute Gasteiger partial charge is 0.481 e. The van der Waals surface area contributed by atoms with Crippen molar-refractivity contribution in [1.82, 2.24) is 5.32 Å². The highest BCUT2D eigenvalue weighted by Crippen LogP contribution is 2.26. The number of carboxylic acid groups (broad SMARTS) is 1. The quantitative estimate of drug-likeness (QED) is 0.646. The molecule has 0 aromatic heterocycles. The van der Waals surface area contributed by atoms with Gasteiger partial charge in [-0.15, -0.1) is 0 Å². The van der Waals surface area contributed by atoms with Crippen molar-refractivity contribution >= 4 is 11.9 Å². The number of nitrogens with one attached hydrogen (secondary N) is 1. The van der Waals surface area contributed by atoms with Crippen LogP contribution < -0.4 is 5.32 Å². The number of hydrogen-bond acceptors (Lipinski definition) is 3. The number of carbonyl (C=O) groups excluding carboxylic acids is 1. The predicted molar refractivity (Wildman–Crippen MR) is 76.1 cm³/mol. The number of aliphatic carboxylic acids is 1. The lowest BCUT2D eigenvalue weighted by atomic mass is 9.82. The van der Waals surface area contributed by atoms with E-state index in [-0.39, 0.29) is 12.5 Å². The van der Waals surface area contributed by atoms with Crippen molar-refractivity contribution in [3.63, 3.8) is 0 Å². The highest BCUT2D eigenvalue weighted by molar-refractivity contribution is 5.85. The summed E-state index contributed by atoms with van der Waals surface area (Å²) in [5, 5.41) is 22.0. The van der Waals surface area contributed by atoms with Crippen LogP contribution >= 0.6 is 0 Å². The normalized spacial score (nSPS) is 25.2. The van der Waals surface area contributed by atoms with Gasteiger partial charge in [0.15, 0.2) is 0 Å². The van der Waals surface area contributed by atoms with Crippen LogP contribution in [-0.2, 0) is 9.59 Å². The van der Waals surface area contributed by atoms with Crippen LogP contribution in [0.15, 0.2) is 12.2 Å². The Labute approximate surface area is 120 Å². The van der Waals surface area contributed by atoms with E-state index >= 15 is 0 Å². The Kier molecular flexibility index (Phi) is 5.74. The molecule has 3 N–H and O–H groups in total. The summed E-state index contributed by atoms with van der Waals surface area (Å²) < 4.78 is 0. The Balaban J connectivity index is 2.57. The Morgan fingerprint density at radius 1 is 1.30 bits per heavy atom. The van der Waals surface area contributed by atoms with Crippen LogP contribution in [0.25, 0.3) is 0 Å². The Morgan fingerprint density at radius 3 is 2.35 bits per heavy atom. The minimum absolute atomic E-state index is 0.149. The molecular weight excluding hydrogens is 258 g/mol. The zero-order chi connectivity index (χ0) is 15.3. The number of hydrogen-bond donors (Lipinski definition) is 3. The molecule has 20 heavy (non-hydrogen) atoms. The molecule has 3 atom stereocenters. The summed E-state index contributed by atoms with van der Waals surface area (Å²) in [6.07, 6.45) is 5.05. The fraction of sp³-hybridized carbons (Fsp3) is 0.733. The highest BCUT2D eigenvalue weighted by Gasteiger charge is 2.34. The lowest BCUT2D eigenvalue weighted by Crippen LogP contribution is -2.46. The molecule has 0 fully saturated rings. The first-order valence-corrected chi connectivity index (χ1v) is 7.11. The highest BCUT2D eigenvalue weighted by atomic mass is 16.4. The van der Waals surface area contributed by atoms with Gasteiger partial charge in [-0.2, -0.15) is 0 Å². The van der Waals surface area contributed by atoms with Crippen molar-refractivity contribution in [2.75, 3.05) is 6.54 Å². The van der Waals surface area contributed by atoms with Crippen LogP contribution in [0, 0.1) is 17.8 Å². The van der Waals surface area contributed by atoms with E-state index in [1.54, 1.807) is 13.0 Å². The maximum Gasteiger partial charge on any atom is 0.307 e. The van der Waals surface area contributed by atoms with Crippen molar-refractivity contribution in [2.24, 2.45) is 17.8 Å². The fourth-order valence-electron chi connectivity index (χ4n) is 2.74. The molecule has 1 amide bonds. The number of carbonyl (C=O) groups is 2. The second-order valence-electron chi connectivity index (χ2n) is 6.31. The first kappa shape index (κ1) is 16.7. The molecular formula is C15H25NO4. The van der Waals surface area contributed by atoms with E-state index in [0.717, 1.165) is 0 Å². The topological polar surface area (TPSA) is 86.6 Å². The first-order chi connectivity index (χ1) is 9.23. The van der Waals surface area contributed by atoms with Crippen LogP contribution in [0.4, 0.5) is 0 Å². The molecule has 5 heteroatoms. The minimum atomic E-state index is -0.965. The molecule has 0 heterocycles. The standard InChI is InChI=1S/C15H25NO4/c1-10(2)8-15(3,20)9-16-13(17)11-6-4-5-7-12(11)14(18)19/h4-5,10-12,20H,6-9H2,1-3H3,(H,16,17)(H,18,19). The molecule has 3 unspecified atom stereocenters. The zero-order valence-corrected chi connectivity index (χ0v) is 12.4. The second-order valence-corrected chi connectivity index (χ2v) is 6.31. The van der Waals surface area contributed by atoms with E-state index in [1.165, 1.54) is 0 Å². The van der Waals surface area contributed by atoms with Crippen molar-refractivity contribution in [3.8, 4) is 0 Å². The average molecular weight is 283 g/mol. The van der Waals surface area contributed by atoms with Crippen LogP contribution in [-0.4, -0.2) is 34.2 Å². The fourth-order valence-corrected chi connectivity index (χ4v) is 2.74. The third kappa shape index (κ3) is 4.96. The van der Waals surface area contributed by atoms with Gasteiger partial charge in [0.2, 0.25) is 5.91 Å². The van der Waals surface area contributed by atoms with Gasteiger partial charge in [0.25, 0.3) is 0 Å². The van der Waals surface area contributed by atoms with Crippen molar-refractivity contribution < 1.29 is 19.8 Å². The predicted octanol–water partition coefficient (Wildman–Crippen LogP) is 1.57. The van der Waals surface area contributed by atoms with Crippen molar-refractivity contribution in [1.29, 1.82) is 0 Å². The van der Waals surface area contributed by atoms with Gasteiger partial charge in [-0.1, -0.05) is 26.0 Å². The summed E-state index contributed by atoms with van der Waals surface area (Å²) in [7, 11) is 0. The molecule has 0 saturated heterocycles. The van der Waals surface area contributed by atoms with E-state index in [1.807, 2.05) is 19.9 Å². The minimum Gasteiger partial charge on any atom is -0.481 e. The van der Waals surface area contributed by atoms with E-state index in [0.29, 0.717) is 25.2 Å². The van der Waals surface area contributed by atoms with Gasteiger partial charge in [-0.05, 0) is 32.1 Å². The molecule has 0 saturated carbocycles. The third-order valence-corrected chi connectivity index (χ3v) is 3.58. The molecule has 0 aromatic rings. The smallest absolute Gasteiger partial charge is 0.307 e. The van der Waals surface area contributed by atoms with Crippen LogP contribution in [0.2, 0.25) is 0 Å². The Bertz CT molecular complexity index is 387. The molecule has 5 nitrogen and oxygen atoms in total. The molecule has 0 spiro atoms. The molecule has 0 aromatic carbocycles. The lowest BCUT2D eigenvalue weighted by Gasteiger charge is -2.28. The van der Waals surface area contributed by atoms with Crippen LogP contribution in [0.5, 0.6) is 0 Å². The second kappa shape index (κ2) is 6.88. The van der Waals surface area contributed by atoms with E-state index in [4.69, 9.17) is 5.11 Å². The summed E-state index contributed by atoms with van der Waals surface area (Å²) in [6, 6.07) is 0. The number of amides is 1. The third-order valence-electron chi connectivity index (χ3n) is 3.58. The molecule has 0 bridgehead atoms. The zero-order valence-electron chi connectivity index (χ0n) is 12.4. The monoisotopic (exact) mass is 283 g/mol. The van der Waals surface area contributed by atoms with Gasteiger partial charge >= 0.3 is 5.97 Å². The summed E-state index contributed by atoms with van der Waals surface area (Å²) in [6.45, 7) is 5.84. The summed E-state index contributed by atoms with van der Waals surface area (Å²) in [4.78, 5) is 23.3. The number of carboxylic acids is 1. The average Bonchev–Trinajstić information content (AvgIpc) is 2.34. The molecule has 0 radical (unpaired) electrons. The van der Waals surface area contributed by atoms with Crippen LogP contribution in [0.1, 0.15) is 40.0 Å². The van der Waals surface area contributed by atoms with Gasteiger partial charge < -0.3 is 15.5 Å². The van der Waals surface area contributed by atoms with Crippen molar-refractivity contribution in [3.05, 3.63) is 12.2 Å². The van der Waals surface area contributed by atoms with Crippen molar-refractivity contribution in [2.45, 2.75) is 45.6 Å². The molecule has 0 aliphatic heterocycles. The number of allylic oxidation sites excluding steroid dienone is 2. The van der Waals surface area contributed by atoms with Gasteiger partial charge in [-0.3, -0.25) is 9.59 Å². The van der Waals surface area contributed by atoms with E-state index < -0.39 is 23.4 Å². The number of rotatable bonds is 6. The van der Waals surface area contributed by atoms with Gasteiger partial charge in [-0.25, -0.2) is 0 Å². The molecule has 1 aliphatic rings. The Morgan fingerprint density at radius 2 is 1.85 bits per heavy atom. The SMILES string of the molecule is CC(C)CC(C)(O)CNC(=O)C1CC=CCC1C(=O)O. The number of aliphatic hydroxyl groups is 1. The van der Waals surface area contributed by atoms with Crippen LogP contribution in [0.3, 0.4) is 0 Å². The molecule has 1 aliphatic carbocycles. The summed E-state index contributed by atoms with van der Waals surface area (Å²) in [5.41, 5.74) is -0.965. The molecule has 114 valence electrons.